The number of nitro groups is 1. The molecule has 0 N–H and O–H groups in total. The fraction of sp³-hybridized carbons (Fsp3) is 0.500. The van der Waals surface area contributed by atoms with Crippen LogP contribution in [0.15, 0.2) is 24.3 Å². The van der Waals surface area contributed by atoms with Crippen molar-refractivity contribution in [2.24, 2.45) is 5.92 Å². The molecule has 1 aromatic carbocycles. The van der Waals surface area contributed by atoms with E-state index in [1.54, 1.807) is 12.1 Å². The maximum Gasteiger partial charge on any atom is 0.269 e. The molecule has 3 nitrogen and oxygen atoms in total. The molecule has 0 spiro atoms. The van der Waals surface area contributed by atoms with Gasteiger partial charge in [0, 0.05) is 12.1 Å². The Balaban J connectivity index is 2.60. The lowest BCUT2D eigenvalue weighted by atomic mass is 9.97. The Labute approximate surface area is 90.3 Å². The SMILES string of the molecule is CCCC(C)Cc1ccc([N+](=O)[O-])cc1. The van der Waals surface area contributed by atoms with Gasteiger partial charge in [-0.25, -0.2) is 0 Å². The standard InChI is InChI=1S/C12H17NO2/c1-3-4-10(2)9-11-5-7-12(8-6-11)13(14)15/h5-8,10H,3-4,9H2,1-2H3. The number of benzene rings is 1. The van der Waals surface area contributed by atoms with Gasteiger partial charge in [0.15, 0.2) is 0 Å². The molecule has 0 heterocycles. The van der Waals surface area contributed by atoms with Crippen molar-refractivity contribution in [2.45, 2.75) is 33.1 Å². The Morgan fingerprint density at radius 2 is 1.93 bits per heavy atom. The Kier molecular flexibility index (Phi) is 4.28. The zero-order valence-electron chi connectivity index (χ0n) is 9.27. The summed E-state index contributed by atoms with van der Waals surface area (Å²) in [5.41, 5.74) is 1.35. The minimum Gasteiger partial charge on any atom is -0.258 e. The van der Waals surface area contributed by atoms with Crippen molar-refractivity contribution in [1.82, 2.24) is 0 Å². The van der Waals surface area contributed by atoms with Gasteiger partial charge < -0.3 is 0 Å². The minimum absolute atomic E-state index is 0.168. The van der Waals surface area contributed by atoms with Gasteiger partial charge in [0.1, 0.15) is 0 Å². The van der Waals surface area contributed by atoms with Crippen LogP contribution in [0.4, 0.5) is 5.69 Å². The number of nitrogens with zero attached hydrogens (tertiary/aromatic N) is 1. The summed E-state index contributed by atoms with van der Waals surface area (Å²) < 4.78 is 0. The maximum atomic E-state index is 10.4. The van der Waals surface area contributed by atoms with Crippen LogP contribution in [0.3, 0.4) is 0 Å². The van der Waals surface area contributed by atoms with E-state index >= 15 is 0 Å². The lowest BCUT2D eigenvalue weighted by Crippen LogP contribution is -1.99. The van der Waals surface area contributed by atoms with Gasteiger partial charge in [-0.2, -0.15) is 0 Å². The second kappa shape index (κ2) is 5.49. The highest BCUT2D eigenvalue weighted by molar-refractivity contribution is 5.32. The highest BCUT2D eigenvalue weighted by Crippen LogP contribution is 2.16. The van der Waals surface area contributed by atoms with Crippen molar-refractivity contribution in [3.8, 4) is 0 Å². The van der Waals surface area contributed by atoms with E-state index in [2.05, 4.69) is 13.8 Å². The van der Waals surface area contributed by atoms with Gasteiger partial charge in [-0.3, -0.25) is 10.1 Å². The van der Waals surface area contributed by atoms with Crippen LogP contribution in [0.5, 0.6) is 0 Å². The molecule has 3 heteroatoms. The molecule has 15 heavy (non-hydrogen) atoms. The van der Waals surface area contributed by atoms with E-state index in [0.29, 0.717) is 5.92 Å². The van der Waals surface area contributed by atoms with Crippen LogP contribution in [-0.4, -0.2) is 4.92 Å². The number of non-ortho nitro benzene ring substituents is 1. The van der Waals surface area contributed by atoms with Crippen LogP contribution < -0.4 is 0 Å². The Morgan fingerprint density at radius 3 is 2.40 bits per heavy atom. The van der Waals surface area contributed by atoms with Gasteiger partial charge in [-0.05, 0) is 17.9 Å². The molecule has 0 fully saturated rings. The molecule has 1 atom stereocenters. The quantitative estimate of drug-likeness (QED) is 0.547. The average Bonchev–Trinajstić information content (AvgIpc) is 2.18. The highest BCUT2D eigenvalue weighted by Gasteiger charge is 2.06. The second-order valence-electron chi connectivity index (χ2n) is 4.02. The summed E-state index contributed by atoms with van der Waals surface area (Å²) in [7, 11) is 0. The zero-order chi connectivity index (χ0) is 11.3. The normalized spacial score (nSPS) is 12.4. The molecule has 1 aromatic rings. The van der Waals surface area contributed by atoms with Gasteiger partial charge in [0.05, 0.1) is 4.92 Å². The largest absolute Gasteiger partial charge is 0.269 e. The molecule has 0 saturated heterocycles. The summed E-state index contributed by atoms with van der Waals surface area (Å²) in [6.07, 6.45) is 3.40. The Morgan fingerprint density at radius 1 is 1.33 bits per heavy atom. The van der Waals surface area contributed by atoms with Gasteiger partial charge in [-0.1, -0.05) is 38.8 Å². The molecule has 0 aromatic heterocycles. The van der Waals surface area contributed by atoms with Crippen molar-refractivity contribution in [1.29, 1.82) is 0 Å². The van der Waals surface area contributed by atoms with Crippen molar-refractivity contribution in [3.63, 3.8) is 0 Å². The second-order valence-corrected chi connectivity index (χ2v) is 4.02. The van der Waals surface area contributed by atoms with Crippen LogP contribution in [0.2, 0.25) is 0 Å². The van der Waals surface area contributed by atoms with Gasteiger partial charge in [-0.15, -0.1) is 0 Å². The summed E-state index contributed by atoms with van der Waals surface area (Å²) >= 11 is 0. The van der Waals surface area contributed by atoms with Crippen LogP contribution in [-0.2, 0) is 6.42 Å². The fourth-order valence-corrected chi connectivity index (χ4v) is 1.75. The molecule has 0 amide bonds. The van der Waals surface area contributed by atoms with Gasteiger partial charge >= 0.3 is 0 Å². The third-order valence-corrected chi connectivity index (χ3v) is 2.51. The molecule has 1 unspecified atom stereocenters. The molecule has 1 rings (SSSR count). The van der Waals surface area contributed by atoms with Crippen molar-refractivity contribution in [2.75, 3.05) is 0 Å². The van der Waals surface area contributed by atoms with E-state index in [9.17, 15) is 10.1 Å². The van der Waals surface area contributed by atoms with E-state index in [-0.39, 0.29) is 10.6 Å². The lowest BCUT2D eigenvalue weighted by Gasteiger charge is -2.09. The number of nitro benzene ring substituents is 1. The first-order valence-corrected chi connectivity index (χ1v) is 5.36. The number of hydrogen-bond acceptors (Lipinski definition) is 2. The Hall–Kier alpha value is -1.38. The molecule has 82 valence electrons. The van der Waals surface area contributed by atoms with E-state index in [0.717, 1.165) is 6.42 Å². The first-order chi connectivity index (χ1) is 7.13. The zero-order valence-corrected chi connectivity index (χ0v) is 9.27. The van der Waals surface area contributed by atoms with E-state index in [1.807, 2.05) is 12.1 Å². The van der Waals surface area contributed by atoms with Crippen LogP contribution >= 0.6 is 0 Å². The maximum absolute atomic E-state index is 10.4. The molecule has 0 radical (unpaired) electrons. The topological polar surface area (TPSA) is 43.1 Å². The van der Waals surface area contributed by atoms with Gasteiger partial charge in [0.25, 0.3) is 5.69 Å². The fourth-order valence-electron chi connectivity index (χ4n) is 1.75. The summed E-state index contributed by atoms with van der Waals surface area (Å²) in [4.78, 5) is 10.1. The molecule has 0 aliphatic rings. The lowest BCUT2D eigenvalue weighted by molar-refractivity contribution is -0.384. The minimum atomic E-state index is -0.362. The average molecular weight is 207 g/mol. The van der Waals surface area contributed by atoms with Crippen molar-refractivity contribution in [3.05, 3.63) is 39.9 Å². The van der Waals surface area contributed by atoms with E-state index in [4.69, 9.17) is 0 Å². The molecular weight excluding hydrogens is 190 g/mol. The molecule has 0 bridgehead atoms. The third-order valence-electron chi connectivity index (χ3n) is 2.51. The van der Waals surface area contributed by atoms with E-state index in [1.165, 1.54) is 18.4 Å². The summed E-state index contributed by atoms with van der Waals surface area (Å²) in [5.74, 6) is 0.649. The van der Waals surface area contributed by atoms with Crippen molar-refractivity contribution >= 4 is 5.69 Å². The summed E-state index contributed by atoms with van der Waals surface area (Å²) in [6, 6.07) is 6.86. The highest BCUT2D eigenvalue weighted by atomic mass is 16.6. The first-order valence-electron chi connectivity index (χ1n) is 5.36. The van der Waals surface area contributed by atoms with Crippen LogP contribution in [0.1, 0.15) is 32.3 Å². The molecule has 0 aliphatic heterocycles. The third kappa shape index (κ3) is 3.70. The molecular formula is C12H17NO2. The predicted octanol–water partition coefficient (Wildman–Crippen LogP) is 3.57. The van der Waals surface area contributed by atoms with Crippen molar-refractivity contribution < 1.29 is 4.92 Å². The Bertz CT molecular complexity index is 319. The van der Waals surface area contributed by atoms with Crippen LogP contribution in [0, 0.1) is 16.0 Å². The number of rotatable bonds is 5. The first kappa shape index (κ1) is 11.7. The van der Waals surface area contributed by atoms with E-state index < -0.39 is 0 Å². The monoisotopic (exact) mass is 207 g/mol. The summed E-state index contributed by atoms with van der Waals surface area (Å²) in [5, 5.41) is 10.4. The smallest absolute Gasteiger partial charge is 0.258 e. The summed E-state index contributed by atoms with van der Waals surface area (Å²) in [6.45, 7) is 4.39. The number of hydrogen-bond donors (Lipinski definition) is 0. The van der Waals surface area contributed by atoms with Gasteiger partial charge in [0.2, 0.25) is 0 Å². The van der Waals surface area contributed by atoms with Crippen LogP contribution in [0.25, 0.3) is 0 Å². The molecule has 0 saturated carbocycles. The predicted molar refractivity (Wildman–Crippen MR) is 60.9 cm³/mol. The molecule has 0 aliphatic carbocycles.